The van der Waals surface area contributed by atoms with E-state index >= 15 is 0 Å². The second-order valence-corrected chi connectivity index (χ2v) is 7.81. The van der Waals surface area contributed by atoms with Crippen molar-refractivity contribution in [3.8, 4) is 11.4 Å². The average molecular weight is 423 g/mol. The van der Waals surface area contributed by atoms with Crippen LogP contribution in [-0.4, -0.2) is 20.0 Å². The van der Waals surface area contributed by atoms with Crippen LogP contribution in [0.3, 0.4) is 0 Å². The van der Waals surface area contributed by atoms with Crippen LogP contribution >= 0.6 is 23.4 Å². The molecular formula is C18H12F3N3O2S2. The molecule has 0 N–H and O–H groups in total. The predicted octanol–water partition coefficient (Wildman–Crippen LogP) is 5.16. The molecule has 3 heterocycles. The van der Waals surface area contributed by atoms with E-state index in [1.807, 2.05) is 31.2 Å². The van der Waals surface area contributed by atoms with E-state index in [1.54, 1.807) is 6.92 Å². The molecule has 0 saturated carbocycles. The normalized spacial score (nSPS) is 12.0. The summed E-state index contributed by atoms with van der Waals surface area (Å²) >= 11 is 0.468. The van der Waals surface area contributed by atoms with Gasteiger partial charge in [-0.15, -0.1) is 11.3 Å². The molecule has 0 bridgehead atoms. The molecule has 0 spiro atoms. The number of nitrogens with zero attached hydrogens (tertiary/aromatic N) is 3. The van der Waals surface area contributed by atoms with E-state index in [9.17, 15) is 18.0 Å². The molecule has 0 radical (unpaired) electrons. The van der Waals surface area contributed by atoms with E-state index in [0.717, 1.165) is 16.9 Å². The van der Waals surface area contributed by atoms with Crippen LogP contribution in [0.25, 0.3) is 26.1 Å². The number of aromatic nitrogens is 3. The number of hydrogen-bond acceptors (Lipinski definition) is 6. The van der Waals surface area contributed by atoms with Crippen molar-refractivity contribution in [1.82, 2.24) is 14.5 Å². The first-order valence-corrected chi connectivity index (χ1v) is 9.61. The van der Waals surface area contributed by atoms with Crippen LogP contribution in [0.15, 0.2) is 41.3 Å². The Labute approximate surface area is 165 Å². The van der Waals surface area contributed by atoms with E-state index in [1.165, 1.54) is 16.8 Å². The molecule has 5 nitrogen and oxygen atoms in total. The number of alkyl halides is 3. The Morgan fingerprint density at radius 2 is 1.86 bits per heavy atom. The first-order valence-electron chi connectivity index (χ1n) is 8.05. The van der Waals surface area contributed by atoms with Gasteiger partial charge in [-0.25, -0.2) is 9.97 Å². The zero-order valence-electron chi connectivity index (χ0n) is 14.6. The van der Waals surface area contributed by atoms with Gasteiger partial charge in [0.25, 0.3) is 5.56 Å². The fraction of sp³-hybridized carbons (Fsp3) is 0.167. The van der Waals surface area contributed by atoms with Crippen molar-refractivity contribution in [3.63, 3.8) is 0 Å². The minimum Gasteiger partial charge on any atom is -0.416 e. The minimum absolute atomic E-state index is 0.0297. The topological polar surface area (TPSA) is 57.0 Å². The first kappa shape index (κ1) is 18.8. The van der Waals surface area contributed by atoms with Gasteiger partial charge in [-0.1, -0.05) is 17.7 Å². The predicted molar refractivity (Wildman–Crippen MR) is 104 cm³/mol. The third kappa shape index (κ3) is 3.33. The standard InChI is InChI=1S/C18H12F3N3O2S2/c1-9-3-5-11(6-4-9)24-10(2)23-14-13-12(26-28-18(19,20)21)7-8-22-16(13)27-15(14)17(24)25/h3-8H,1-2H3. The number of halogens is 3. The van der Waals surface area contributed by atoms with Gasteiger partial charge in [0.15, 0.2) is 17.8 Å². The first-order chi connectivity index (χ1) is 13.2. The van der Waals surface area contributed by atoms with Crippen molar-refractivity contribution in [2.24, 2.45) is 0 Å². The SMILES string of the molecule is Cc1ccc(-n2c(C)nc3c(sc4nccc(OSC(F)(F)F)c43)c2=O)cc1. The number of rotatable bonds is 3. The molecule has 0 aliphatic rings. The lowest BCUT2D eigenvalue weighted by Crippen LogP contribution is -2.21. The number of aryl methyl sites for hydroxylation is 2. The number of thiophene rings is 1. The maximum absolute atomic E-state index is 13.1. The Hall–Kier alpha value is -2.59. The fourth-order valence-corrected chi connectivity index (χ4v) is 4.20. The molecule has 0 amide bonds. The summed E-state index contributed by atoms with van der Waals surface area (Å²) in [6.45, 7) is 3.62. The molecule has 0 aliphatic heterocycles. The Bertz CT molecular complexity index is 1250. The van der Waals surface area contributed by atoms with E-state index in [4.69, 9.17) is 4.18 Å². The average Bonchev–Trinajstić information content (AvgIpc) is 3.00. The number of hydrogen-bond donors (Lipinski definition) is 0. The van der Waals surface area contributed by atoms with Crippen molar-refractivity contribution >= 4 is 43.8 Å². The van der Waals surface area contributed by atoms with Gasteiger partial charge < -0.3 is 4.18 Å². The molecule has 4 aromatic rings. The minimum atomic E-state index is -4.55. The Kier molecular flexibility index (Phi) is 4.54. The van der Waals surface area contributed by atoms with Gasteiger partial charge in [0.1, 0.15) is 20.9 Å². The van der Waals surface area contributed by atoms with Gasteiger partial charge in [0.05, 0.1) is 11.1 Å². The van der Waals surface area contributed by atoms with Crippen molar-refractivity contribution in [1.29, 1.82) is 0 Å². The van der Waals surface area contributed by atoms with Crippen LogP contribution in [0.1, 0.15) is 11.4 Å². The van der Waals surface area contributed by atoms with Gasteiger partial charge >= 0.3 is 5.51 Å². The molecular weight excluding hydrogens is 411 g/mol. The lowest BCUT2D eigenvalue weighted by atomic mass is 10.2. The van der Waals surface area contributed by atoms with Crippen LogP contribution in [0.2, 0.25) is 0 Å². The number of pyridine rings is 1. The molecule has 0 unspecified atom stereocenters. The molecule has 1 aromatic carbocycles. The summed E-state index contributed by atoms with van der Waals surface area (Å²) in [5, 5.41) is 0.301. The molecule has 28 heavy (non-hydrogen) atoms. The van der Waals surface area contributed by atoms with Gasteiger partial charge in [-0.3, -0.25) is 9.36 Å². The highest BCUT2D eigenvalue weighted by atomic mass is 32.2. The summed E-state index contributed by atoms with van der Waals surface area (Å²) < 4.78 is 44.3. The Morgan fingerprint density at radius 3 is 2.54 bits per heavy atom. The van der Waals surface area contributed by atoms with Gasteiger partial charge in [0, 0.05) is 12.3 Å². The summed E-state index contributed by atoms with van der Waals surface area (Å²) in [6, 6.07) is 8.74. The van der Waals surface area contributed by atoms with E-state index < -0.39 is 17.6 Å². The molecule has 3 aromatic heterocycles. The monoisotopic (exact) mass is 423 g/mol. The lowest BCUT2D eigenvalue weighted by Gasteiger charge is -2.10. The van der Waals surface area contributed by atoms with Crippen LogP contribution in [0.4, 0.5) is 13.2 Å². The smallest absolute Gasteiger partial charge is 0.416 e. The highest BCUT2D eigenvalue weighted by Gasteiger charge is 2.32. The lowest BCUT2D eigenvalue weighted by molar-refractivity contribution is -0.0369. The molecule has 0 atom stereocenters. The van der Waals surface area contributed by atoms with E-state index in [-0.39, 0.29) is 16.8 Å². The third-order valence-corrected chi connectivity index (χ3v) is 5.57. The summed E-state index contributed by atoms with van der Waals surface area (Å²) in [5.41, 5.74) is -2.85. The van der Waals surface area contributed by atoms with Crippen LogP contribution in [0.5, 0.6) is 5.75 Å². The van der Waals surface area contributed by atoms with Crippen molar-refractivity contribution in [3.05, 3.63) is 58.3 Å². The summed E-state index contributed by atoms with van der Waals surface area (Å²) in [4.78, 5) is 22.2. The molecule has 0 fully saturated rings. The maximum Gasteiger partial charge on any atom is 0.479 e. The second-order valence-electron chi connectivity index (χ2n) is 6.02. The van der Waals surface area contributed by atoms with Crippen LogP contribution < -0.4 is 9.74 Å². The zero-order valence-corrected chi connectivity index (χ0v) is 16.2. The van der Waals surface area contributed by atoms with E-state index in [0.29, 0.717) is 26.4 Å². The Morgan fingerprint density at radius 1 is 1.14 bits per heavy atom. The van der Waals surface area contributed by atoms with Crippen LogP contribution in [-0.2, 0) is 0 Å². The number of fused-ring (bicyclic) bond motifs is 3. The van der Waals surface area contributed by atoms with Gasteiger partial charge in [-0.05, 0) is 26.0 Å². The molecule has 4 rings (SSSR count). The second kappa shape index (κ2) is 6.78. The quantitative estimate of drug-likeness (QED) is 0.426. The van der Waals surface area contributed by atoms with Gasteiger partial charge in [-0.2, -0.15) is 13.2 Å². The summed E-state index contributed by atoms with van der Waals surface area (Å²) in [7, 11) is 0. The van der Waals surface area contributed by atoms with Gasteiger partial charge in [0.2, 0.25) is 0 Å². The molecule has 0 saturated heterocycles. The van der Waals surface area contributed by atoms with E-state index in [2.05, 4.69) is 9.97 Å². The number of benzene rings is 1. The fourth-order valence-electron chi connectivity index (χ4n) is 2.85. The zero-order chi connectivity index (χ0) is 20.1. The third-order valence-electron chi connectivity index (χ3n) is 4.04. The highest BCUT2D eigenvalue weighted by molar-refractivity contribution is 7.95. The molecule has 10 heteroatoms. The van der Waals surface area contributed by atoms with Crippen molar-refractivity contribution in [2.45, 2.75) is 19.4 Å². The largest absolute Gasteiger partial charge is 0.479 e. The molecule has 144 valence electrons. The maximum atomic E-state index is 13.1. The summed E-state index contributed by atoms with van der Waals surface area (Å²) in [5.74, 6) is 0.386. The highest BCUT2D eigenvalue weighted by Crippen LogP contribution is 2.40. The van der Waals surface area contributed by atoms with Crippen LogP contribution in [0, 0.1) is 13.8 Å². The van der Waals surface area contributed by atoms with Crippen molar-refractivity contribution < 1.29 is 17.4 Å². The summed E-state index contributed by atoms with van der Waals surface area (Å²) in [6.07, 6.45) is 1.34. The Balaban J connectivity index is 1.94. The molecule has 0 aliphatic carbocycles. The van der Waals surface area contributed by atoms with Crippen molar-refractivity contribution in [2.75, 3.05) is 0 Å².